The van der Waals surface area contributed by atoms with Gasteiger partial charge < -0.3 is 5.11 Å². The van der Waals surface area contributed by atoms with Gasteiger partial charge in [0.25, 0.3) is 0 Å². The lowest BCUT2D eigenvalue weighted by Gasteiger charge is -1.96. The Hall–Kier alpha value is -0.0400. The molecule has 7 heavy (non-hydrogen) atoms. The maximum atomic E-state index is 8.80. The third kappa shape index (κ3) is 0.942. The zero-order valence-corrected chi connectivity index (χ0v) is 4.89. The van der Waals surface area contributed by atoms with Crippen LogP contribution in [0.4, 0.5) is 0 Å². The van der Waals surface area contributed by atoms with E-state index in [1.54, 1.807) is 0 Å². The van der Waals surface area contributed by atoms with Crippen LogP contribution in [0, 0.1) is 11.8 Å². The van der Waals surface area contributed by atoms with Crippen molar-refractivity contribution in [2.24, 2.45) is 11.8 Å². The Morgan fingerprint density at radius 1 is 1.57 bits per heavy atom. The van der Waals surface area contributed by atoms with Gasteiger partial charge in [-0.2, -0.15) is 0 Å². The highest BCUT2D eigenvalue weighted by Crippen LogP contribution is 2.36. The summed E-state index contributed by atoms with van der Waals surface area (Å²) >= 11 is 0. The van der Waals surface area contributed by atoms with Crippen molar-refractivity contribution in [3.8, 4) is 0 Å². The molecule has 0 aliphatic heterocycles. The molecule has 2 atom stereocenters. The second-order valence-electron chi connectivity index (χ2n) is 2.71. The van der Waals surface area contributed by atoms with Gasteiger partial charge in [0.1, 0.15) is 0 Å². The average molecular weight is 100 g/mol. The molecule has 1 heteroatoms. The average Bonchev–Trinajstić information content (AvgIpc) is 2.17. The van der Waals surface area contributed by atoms with Crippen molar-refractivity contribution < 1.29 is 5.11 Å². The standard InChI is InChI=1S/C6H12O/c1-4(2)5-3-6(5)7/h4-7H,3H2,1-2H3/t5-,6+/m1/s1. The molecule has 1 fully saturated rings. The fourth-order valence-electron chi connectivity index (χ4n) is 0.917. The van der Waals surface area contributed by atoms with E-state index in [1.807, 2.05) is 0 Å². The van der Waals surface area contributed by atoms with E-state index in [1.165, 1.54) is 0 Å². The Labute approximate surface area is 44.4 Å². The van der Waals surface area contributed by atoms with Crippen molar-refractivity contribution in [3.63, 3.8) is 0 Å². The van der Waals surface area contributed by atoms with Crippen LogP contribution >= 0.6 is 0 Å². The van der Waals surface area contributed by atoms with Crippen LogP contribution in [0.2, 0.25) is 0 Å². The van der Waals surface area contributed by atoms with Crippen LogP contribution in [0.5, 0.6) is 0 Å². The lowest BCUT2D eigenvalue weighted by molar-refractivity contribution is 0.245. The Morgan fingerprint density at radius 3 is 2.00 bits per heavy atom. The molecule has 0 unspecified atom stereocenters. The van der Waals surface area contributed by atoms with E-state index in [0.29, 0.717) is 11.8 Å². The molecule has 1 rings (SSSR count). The highest BCUT2D eigenvalue weighted by molar-refractivity contribution is 4.87. The molecule has 0 spiro atoms. The summed E-state index contributed by atoms with van der Waals surface area (Å²) in [6, 6.07) is 0. The van der Waals surface area contributed by atoms with Crippen molar-refractivity contribution in [1.82, 2.24) is 0 Å². The van der Waals surface area contributed by atoms with Crippen molar-refractivity contribution >= 4 is 0 Å². The van der Waals surface area contributed by atoms with E-state index in [4.69, 9.17) is 5.11 Å². The molecule has 0 aromatic rings. The Kier molecular flexibility index (Phi) is 1.08. The molecule has 0 saturated heterocycles. The zero-order chi connectivity index (χ0) is 5.44. The maximum Gasteiger partial charge on any atom is 0.0575 e. The van der Waals surface area contributed by atoms with Crippen LogP contribution in [0.1, 0.15) is 20.3 Å². The lowest BCUT2D eigenvalue weighted by atomic mass is 10.1. The molecule has 0 aromatic carbocycles. The SMILES string of the molecule is CC(C)[C@H]1C[C@@H]1O. The van der Waals surface area contributed by atoms with Gasteiger partial charge in [-0.25, -0.2) is 0 Å². The van der Waals surface area contributed by atoms with Crippen molar-refractivity contribution in [1.29, 1.82) is 0 Å². The summed E-state index contributed by atoms with van der Waals surface area (Å²) in [4.78, 5) is 0. The highest BCUT2D eigenvalue weighted by Gasteiger charge is 2.37. The van der Waals surface area contributed by atoms with Gasteiger partial charge in [0, 0.05) is 0 Å². The summed E-state index contributed by atoms with van der Waals surface area (Å²) in [6.07, 6.45) is 1.08. The van der Waals surface area contributed by atoms with Crippen LogP contribution in [0.15, 0.2) is 0 Å². The highest BCUT2D eigenvalue weighted by atomic mass is 16.3. The number of rotatable bonds is 1. The second kappa shape index (κ2) is 1.48. The van der Waals surface area contributed by atoms with Gasteiger partial charge >= 0.3 is 0 Å². The van der Waals surface area contributed by atoms with Crippen LogP contribution in [-0.4, -0.2) is 11.2 Å². The summed E-state index contributed by atoms with van der Waals surface area (Å²) < 4.78 is 0. The number of hydrogen-bond acceptors (Lipinski definition) is 1. The van der Waals surface area contributed by atoms with Gasteiger partial charge in [-0.15, -0.1) is 0 Å². The largest absolute Gasteiger partial charge is 0.393 e. The van der Waals surface area contributed by atoms with Crippen LogP contribution in [-0.2, 0) is 0 Å². The molecule has 0 heterocycles. The van der Waals surface area contributed by atoms with Crippen LogP contribution in [0.25, 0.3) is 0 Å². The smallest absolute Gasteiger partial charge is 0.0575 e. The monoisotopic (exact) mass is 100 g/mol. The fraction of sp³-hybridized carbons (Fsp3) is 1.00. The van der Waals surface area contributed by atoms with E-state index in [9.17, 15) is 0 Å². The molecule has 1 aliphatic carbocycles. The Balaban J connectivity index is 2.20. The Morgan fingerprint density at radius 2 is 2.00 bits per heavy atom. The predicted molar refractivity (Wildman–Crippen MR) is 29.0 cm³/mol. The summed E-state index contributed by atoms with van der Waals surface area (Å²) in [7, 11) is 0. The van der Waals surface area contributed by atoms with Crippen molar-refractivity contribution in [2.45, 2.75) is 26.4 Å². The second-order valence-corrected chi connectivity index (χ2v) is 2.71. The van der Waals surface area contributed by atoms with Gasteiger partial charge in [0.15, 0.2) is 0 Å². The lowest BCUT2D eigenvalue weighted by Crippen LogP contribution is -1.93. The van der Waals surface area contributed by atoms with Gasteiger partial charge in [-0.3, -0.25) is 0 Å². The molecule has 1 saturated carbocycles. The first kappa shape index (κ1) is 5.10. The van der Waals surface area contributed by atoms with Gasteiger partial charge in [-0.05, 0) is 18.3 Å². The molecule has 1 aliphatic rings. The summed E-state index contributed by atoms with van der Waals surface area (Å²) in [5.41, 5.74) is 0. The molecule has 42 valence electrons. The molecule has 0 aromatic heterocycles. The van der Waals surface area contributed by atoms with E-state index in [0.717, 1.165) is 6.42 Å². The first-order chi connectivity index (χ1) is 3.22. The summed E-state index contributed by atoms with van der Waals surface area (Å²) in [5.74, 6) is 1.31. The number of aliphatic hydroxyl groups excluding tert-OH is 1. The van der Waals surface area contributed by atoms with E-state index in [-0.39, 0.29) is 6.10 Å². The quantitative estimate of drug-likeness (QED) is 0.521. The van der Waals surface area contributed by atoms with Gasteiger partial charge in [0.05, 0.1) is 6.10 Å². The summed E-state index contributed by atoms with van der Waals surface area (Å²) in [5, 5.41) is 8.80. The normalized spacial score (nSPS) is 39.4. The van der Waals surface area contributed by atoms with E-state index >= 15 is 0 Å². The minimum atomic E-state index is 0.0417. The summed E-state index contributed by atoms with van der Waals surface area (Å²) in [6.45, 7) is 4.31. The zero-order valence-electron chi connectivity index (χ0n) is 4.89. The van der Waals surface area contributed by atoms with E-state index in [2.05, 4.69) is 13.8 Å². The predicted octanol–water partition coefficient (Wildman–Crippen LogP) is 1.02. The molecular weight excluding hydrogens is 88.1 g/mol. The van der Waals surface area contributed by atoms with Gasteiger partial charge in [-0.1, -0.05) is 13.8 Å². The first-order valence-corrected chi connectivity index (χ1v) is 2.90. The minimum absolute atomic E-state index is 0.0417. The third-order valence-electron chi connectivity index (χ3n) is 1.66. The Bertz CT molecular complexity index is 68.6. The van der Waals surface area contributed by atoms with Crippen molar-refractivity contribution in [2.75, 3.05) is 0 Å². The molecule has 0 radical (unpaired) electrons. The van der Waals surface area contributed by atoms with E-state index < -0.39 is 0 Å². The van der Waals surface area contributed by atoms with Crippen LogP contribution in [0.3, 0.4) is 0 Å². The topological polar surface area (TPSA) is 20.2 Å². The van der Waals surface area contributed by atoms with Crippen LogP contribution < -0.4 is 0 Å². The molecule has 0 amide bonds. The molecule has 0 bridgehead atoms. The molecule has 1 N–H and O–H groups in total. The van der Waals surface area contributed by atoms with Crippen molar-refractivity contribution in [3.05, 3.63) is 0 Å². The molecular formula is C6H12O. The minimum Gasteiger partial charge on any atom is -0.393 e. The molecule has 1 nitrogen and oxygen atoms in total. The third-order valence-corrected chi connectivity index (χ3v) is 1.66. The number of aliphatic hydroxyl groups is 1. The van der Waals surface area contributed by atoms with Gasteiger partial charge in [0.2, 0.25) is 0 Å². The maximum absolute atomic E-state index is 8.80. The first-order valence-electron chi connectivity index (χ1n) is 2.90. The fourth-order valence-corrected chi connectivity index (χ4v) is 0.917. The number of hydrogen-bond donors (Lipinski definition) is 1.